The van der Waals surface area contributed by atoms with Gasteiger partial charge in [-0.1, -0.05) is 84.6 Å². The Bertz CT molecular complexity index is 468. The number of benzene rings is 1. The van der Waals surface area contributed by atoms with Gasteiger partial charge in [-0.2, -0.15) is 0 Å². The Morgan fingerprint density at radius 2 is 1.27 bits per heavy atom. The molecule has 0 aliphatic rings. The summed E-state index contributed by atoms with van der Waals surface area (Å²) in [5.74, 6) is 1.09. The molecule has 0 unspecified atom stereocenters. The molecule has 0 aliphatic heterocycles. The van der Waals surface area contributed by atoms with Gasteiger partial charge in [-0.15, -0.1) is 0 Å². The standard InChI is InChI=1S/C24H42O2/c1-4-7-10-13-16-21-18-19-23(25)24(26-20-15-12-9-6-3)22(21)17-14-11-8-5-2/h18-19,25H,4-17,20H2,1-3H3. The number of aromatic hydroxyl groups is 1. The molecular formula is C24H42O2. The summed E-state index contributed by atoms with van der Waals surface area (Å²) in [6.07, 6.45) is 17.0. The summed E-state index contributed by atoms with van der Waals surface area (Å²) in [6.45, 7) is 7.44. The number of ether oxygens (including phenoxy) is 1. The van der Waals surface area contributed by atoms with Gasteiger partial charge in [-0.3, -0.25) is 0 Å². The molecule has 0 aromatic heterocycles. The maximum Gasteiger partial charge on any atom is 0.164 e. The first-order chi connectivity index (χ1) is 12.7. The van der Waals surface area contributed by atoms with E-state index in [2.05, 4.69) is 26.8 Å². The Morgan fingerprint density at radius 1 is 0.692 bits per heavy atom. The van der Waals surface area contributed by atoms with E-state index in [1.54, 1.807) is 0 Å². The Balaban J connectivity index is 2.77. The van der Waals surface area contributed by atoms with Crippen molar-refractivity contribution in [2.45, 2.75) is 111 Å². The van der Waals surface area contributed by atoms with Gasteiger partial charge in [0.15, 0.2) is 11.5 Å². The zero-order valence-electron chi connectivity index (χ0n) is 17.6. The van der Waals surface area contributed by atoms with Gasteiger partial charge >= 0.3 is 0 Å². The van der Waals surface area contributed by atoms with Crippen LogP contribution in [0.1, 0.15) is 109 Å². The van der Waals surface area contributed by atoms with E-state index in [0.29, 0.717) is 5.75 Å². The highest BCUT2D eigenvalue weighted by Crippen LogP contribution is 2.35. The molecule has 1 aromatic rings. The molecule has 0 saturated carbocycles. The molecule has 0 bridgehead atoms. The second-order valence-electron chi connectivity index (χ2n) is 7.58. The van der Waals surface area contributed by atoms with Crippen LogP contribution in [0.25, 0.3) is 0 Å². The molecule has 2 heteroatoms. The number of phenolic OH excluding ortho intramolecular Hbond substituents is 1. The van der Waals surface area contributed by atoms with Crippen LogP contribution in [-0.2, 0) is 12.8 Å². The van der Waals surface area contributed by atoms with Crippen molar-refractivity contribution >= 4 is 0 Å². The molecule has 0 saturated heterocycles. The van der Waals surface area contributed by atoms with Gasteiger partial charge in [0, 0.05) is 5.56 Å². The third-order valence-corrected chi connectivity index (χ3v) is 5.16. The minimum atomic E-state index is 0.322. The van der Waals surface area contributed by atoms with E-state index in [0.717, 1.165) is 31.6 Å². The smallest absolute Gasteiger partial charge is 0.164 e. The largest absolute Gasteiger partial charge is 0.504 e. The van der Waals surface area contributed by atoms with E-state index in [9.17, 15) is 5.11 Å². The lowest BCUT2D eigenvalue weighted by Crippen LogP contribution is -2.04. The molecular weight excluding hydrogens is 320 g/mol. The molecule has 2 nitrogen and oxygen atoms in total. The number of phenols is 1. The number of rotatable bonds is 16. The molecule has 0 fully saturated rings. The van der Waals surface area contributed by atoms with Gasteiger partial charge < -0.3 is 9.84 Å². The summed E-state index contributed by atoms with van der Waals surface area (Å²) in [5, 5.41) is 10.4. The quantitative estimate of drug-likeness (QED) is 0.307. The molecule has 0 radical (unpaired) electrons. The molecule has 150 valence electrons. The predicted octanol–water partition coefficient (Wildman–Crippen LogP) is 7.60. The van der Waals surface area contributed by atoms with Gasteiger partial charge in [0.05, 0.1) is 6.61 Å². The van der Waals surface area contributed by atoms with Crippen LogP contribution in [-0.4, -0.2) is 11.7 Å². The number of hydrogen-bond donors (Lipinski definition) is 1. The maximum absolute atomic E-state index is 10.4. The lowest BCUT2D eigenvalue weighted by molar-refractivity contribution is 0.285. The summed E-state index contributed by atoms with van der Waals surface area (Å²) in [4.78, 5) is 0. The SMILES string of the molecule is CCCCCCOc1c(O)ccc(CCCCCC)c1CCCCCC. The molecule has 0 aliphatic carbocycles. The highest BCUT2D eigenvalue weighted by molar-refractivity contribution is 5.50. The van der Waals surface area contributed by atoms with Crippen LogP contribution in [0.3, 0.4) is 0 Å². The van der Waals surface area contributed by atoms with Crippen LogP contribution in [0, 0.1) is 0 Å². The van der Waals surface area contributed by atoms with E-state index < -0.39 is 0 Å². The Labute approximate surface area is 162 Å². The fraction of sp³-hybridized carbons (Fsp3) is 0.750. The van der Waals surface area contributed by atoms with Gasteiger partial charge in [-0.05, 0) is 43.7 Å². The summed E-state index contributed by atoms with van der Waals surface area (Å²) in [5.41, 5.74) is 2.66. The number of unbranched alkanes of at least 4 members (excludes halogenated alkanes) is 9. The third kappa shape index (κ3) is 8.96. The molecule has 0 atom stereocenters. The molecule has 0 heterocycles. The fourth-order valence-electron chi connectivity index (χ4n) is 3.50. The first-order valence-electron chi connectivity index (χ1n) is 11.2. The van der Waals surface area contributed by atoms with Crippen molar-refractivity contribution in [3.05, 3.63) is 23.3 Å². The van der Waals surface area contributed by atoms with Crippen LogP contribution < -0.4 is 4.74 Å². The van der Waals surface area contributed by atoms with E-state index in [1.165, 1.54) is 81.8 Å². The van der Waals surface area contributed by atoms with Crippen LogP contribution in [0.15, 0.2) is 12.1 Å². The fourth-order valence-corrected chi connectivity index (χ4v) is 3.50. The summed E-state index contributed by atoms with van der Waals surface area (Å²) in [6, 6.07) is 3.96. The number of hydrogen-bond acceptors (Lipinski definition) is 2. The Hall–Kier alpha value is -1.18. The van der Waals surface area contributed by atoms with E-state index in [1.807, 2.05) is 6.07 Å². The molecule has 26 heavy (non-hydrogen) atoms. The average Bonchev–Trinajstić information content (AvgIpc) is 2.65. The van der Waals surface area contributed by atoms with Crippen LogP contribution in [0.4, 0.5) is 0 Å². The van der Waals surface area contributed by atoms with Crippen molar-refractivity contribution in [3.63, 3.8) is 0 Å². The second-order valence-corrected chi connectivity index (χ2v) is 7.58. The monoisotopic (exact) mass is 362 g/mol. The van der Waals surface area contributed by atoms with Gasteiger partial charge in [-0.25, -0.2) is 0 Å². The minimum absolute atomic E-state index is 0.322. The van der Waals surface area contributed by atoms with E-state index >= 15 is 0 Å². The average molecular weight is 363 g/mol. The zero-order valence-corrected chi connectivity index (χ0v) is 17.6. The van der Waals surface area contributed by atoms with Crippen molar-refractivity contribution in [1.29, 1.82) is 0 Å². The van der Waals surface area contributed by atoms with Crippen molar-refractivity contribution < 1.29 is 9.84 Å². The van der Waals surface area contributed by atoms with Gasteiger partial charge in [0.1, 0.15) is 0 Å². The lowest BCUT2D eigenvalue weighted by atomic mass is 9.95. The predicted molar refractivity (Wildman–Crippen MR) is 113 cm³/mol. The summed E-state index contributed by atoms with van der Waals surface area (Å²) >= 11 is 0. The summed E-state index contributed by atoms with van der Waals surface area (Å²) in [7, 11) is 0. The minimum Gasteiger partial charge on any atom is -0.504 e. The lowest BCUT2D eigenvalue weighted by Gasteiger charge is -2.17. The highest BCUT2D eigenvalue weighted by Gasteiger charge is 2.14. The first kappa shape index (κ1) is 22.9. The normalized spacial score (nSPS) is 11.0. The zero-order chi connectivity index (χ0) is 19.0. The molecule has 1 N–H and O–H groups in total. The molecule has 0 spiro atoms. The van der Waals surface area contributed by atoms with E-state index in [-0.39, 0.29) is 0 Å². The third-order valence-electron chi connectivity index (χ3n) is 5.16. The van der Waals surface area contributed by atoms with Crippen molar-refractivity contribution in [2.24, 2.45) is 0 Å². The Morgan fingerprint density at radius 3 is 1.88 bits per heavy atom. The second kappa shape index (κ2) is 14.9. The van der Waals surface area contributed by atoms with Gasteiger partial charge in [0.25, 0.3) is 0 Å². The van der Waals surface area contributed by atoms with Crippen molar-refractivity contribution in [3.8, 4) is 11.5 Å². The summed E-state index contributed by atoms with van der Waals surface area (Å²) < 4.78 is 6.09. The topological polar surface area (TPSA) is 29.5 Å². The van der Waals surface area contributed by atoms with E-state index in [4.69, 9.17) is 4.74 Å². The highest BCUT2D eigenvalue weighted by atomic mass is 16.5. The molecule has 1 rings (SSSR count). The van der Waals surface area contributed by atoms with Crippen LogP contribution in [0.2, 0.25) is 0 Å². The molecule has 1 aromatic carbocycles. The van der Waals surface area contributed by atoms with Crippen LogP contribution in [0.5, 0.6) is 11.5 Å². The van der Waals surface area contributed by atoms with Crippen LogP contribution >= 0.6 is 0 Å². The van der Waals surface area contributed by atoms with Crippen molar-refractivity contribution in [1.82, 2.24) is 0 Å². The maximum atomic E-state index is 10.4. The Kier molecular flexibility index (Phi) is 13.1. The number of aryl methyl sites for hydroxylation is 1. The van der Waals surface area contributed by atoms with Crippen molar-refractivity contribution in [2.75, 3.05) is 6.61 Å². The molecule has 0 amide bonds. The first-order valence-corrected chi connectivity index (χ1v) is 11.2. The van der Waals surface area contributed by atoms with Gasteiger partial charge in [0.2, 0.25) is 0 Å².